The fourth-order valence-corrected chi connectivity index (χ4v) is 2.11. The molecule has 5 nitrogen and oxygen atoms in total. The first-order chi connectivity index (χ1) is 7.59. The molecule has 0 amide bonds. The monoisotopic (exact) mass is 293 g/mol. The molecule has 0 spiro atoms. The van der Waals surface area contributed by atoms with Crippen LogP contribution in [-0.2, 0) is 9.05 Å². The van der Waals surface area contributed by atoms with Crippen molar-refractivity contribution in [2.24, 2.45) is 0 Å². The van der Waals surface area contributed by atoms with Gasteiger partial charge < -0.3 is 0 Å². The van der Waals surface area contributed by atoms with Crippen LogP contribution >= 0.6 is 10.7 Å². The molecule has 0 N–H and O–H groups in total. The molecular weight excluding hydrogens is 294 g/mol. The van der Waals surface area contributed by atoms with Crippen molar-refractivity contribution in [3.63, 3.8) is 0 Å². The molecule has 0 aliphatic heterocycles. The third kappa shape index (κ3) is 2.17. The van der Waals surface area contributed by atoms with Crippen molar-refractivity contribution in [2.75, 3.05) is 0 Å². The highest BCUT2D eigenvalue weighted by atomic mass is 35.7. The van der Waals surface area contributed by atoms with E-state index in [1.807, 2.05) is 0 Å². The Morgan fingerprint density at radius 1 is 1.00 bits per heavy atom. The number of hydrogen-bond acceptors (Lipinski definition) is 4. The van der Waals surface area contributed by atoms with Crippen LogP contribution < -0.4 is 0 Å². The Hall–Kier alpha value is -1.42. The van der Waals surface area contributed by atoms with E-state index in [1.54, 1.807) is 0 Å². The molecule has 1 rings (SSSR count). The van der Waals surface area contributed by atoms with Crippen LogP contribution in [0.3, 0.4) is 0 Å². The van der Waals surface area contributed by atoms with Crippen LogP contribution in [0.25, 0.3) is 0 Å². The van der Waals surface area contributed by atoms with E-state index in [2.05, 4.69) is 10.7 Å². The average molecular weight is 294 g/mol. The number of nitro groups is 1. The molecule has 1 aromatic rings. The molecule has 0 saturated carbocycles. The van der Waals surface area contributed by atoms with Gasteiger partial charge >= 0.3 is 5.69 Å². The van der Waals surface area contributed by atoms with Gasteiger partial charge in [0.1, 0.15) is 0 Å². The van der Waals surface area contributed by atoms with E-state index in [0.29, 0.717) is 0 Å². The zero-order valence-corrected chi connectivity index (χ0v) is 8.95. The fraction of sp³-hybridized carbons (Fsp3) is 0. The molecule has 0 aromatic heterocycles. The second kappa shape index (κ2) is 4.11. The Balaban J connectivity index is 4.00. The second-order valence-electron chi connectivity index (χ2n) is 2.63. The number of halogens is 5. The lowest BCUT2D eigenvalue weighted by Crippen LogP contribution is -2.10. The molecule has 0 fully saturated rings. The summed E-state index contributed by atoms with van der Waals surface area (Å²) in [7, 11) is -0.581. The molecule has 0 aliphatic carbocycles. The maximum absolute atomic E-state index is 13.0. The van der Waals surface area contributed by atoms with E-state index in [9.17, 15) is 36.1 Å². The van der Waals surface area contributed by atoms with Crippen molar-refractivity contribution in [1.29, 1.82) is 0 Å². The molecule has 0 heterocycles. The Morgan fingerprint density at radius 2 is 1.41 bits per heavy atom. The first-order valence-corrected chi connectivity index (χ1v) is 5.85. The van der Waals surface area contributed by atoms with Crippen LogP contribution in [0, 0.1) is 33.4 Å². The predicted molar refractivity (Wildman–Crippen MR) is 46.0 cm³/mol. The molecular formula is C6ClF4NO4S. The maximum Gasteiger partial charge on any atom is 0.330 e. The smallest absolute Gasteiger partial charge is 0.258 e. The van der Waals surface area contributed by atoms with E-state index >= 15 is 0 Å². The van der Waals surface area contributed by atoms with Crippen LogP contribution in [0.4, 0.5) is 23.2 Å². The standard InChI is InChI=1S/C6ClF4NO4S/c7-17(15,16)6-4(11)2(9)1(8)3(10)5(6)12(13)14. The minimum Gasteiger partial charge on any atom is -0.258 e. The second-order valence-corrected chi connectivity index (χ2v) is 5.13. The molecule has 0 atom stereocenters. The summed E-state index contributed by atoms with van der Waals surface area (Å²) in [6.45, 7) is 0. The molecule has 0 radical (unpaired) electrons. The van der Waals surface area contributed by atoms with Crippen LogP contribution in [0.5, 0.6) is 0 Å². The minimum absolute atomic E-state index is 1.73. The largest absolute Gasteiger partial charge is 0.330 e. The van der Waals surface area contributed by atoms with Crippen LogP contribution in [0.15, 0.2) is 4.90 Å². The third-order valence-corrected chi connectivity index (χ3v) is 2.95. The lowest BCUT2D eigenvalue weighted by molar-refractivity contribution is -0.391. The van der Waals surface area contributed by atoms with Gasteiger partial charge in [-0.05, 0) is 0 Å². The molecule has 17 heavy (non-hydrogen) atoms. The summed E-state index contributed by atoms with van der Waals surface area (Å²) in [5.74, 6) is -9.91. The average Bonchev–Trinajstić information content (AvgIpc) is 2.17. The Morgan fingerprint density at radius 3 is 1.76 bits per heavy atom. The van der Waals surface area contributed by atoms with Gasteiger partial charge in [0, 0.05) is 10.7 Å². The first kappa shape index (κ1) is 13.6. The molecule has 11 heteroatoms. The van der Waals surface area contributed by atoms with Crippen LogP contribution in [-0.4, -0.2) is 13.3 Å². The maximum atomic E-state index is 13.0. The van der Waals surface area contributed by atoms with E-state index in [0.717, 1.165) is 0 Å². The quantitative estimate of drug-likeness (QED) is 0.209. The van der Waals surface area contributed by atoms with Gasteiger partial charge in [0.2, 0.25) is 16.5 Å². The van der Waals surface area contributed by atoms with Crippen molar-refractivity contribution >= 4 is 25.4 Å². The van der Waals surface area contributed by atoms with Crippen LogP contribution in [0.1, 0.15) is 0 Å². The summed E-state index contributed by atoms with van der Waals surface area (Å²) in [5, 5.41) is 10.3. The normalized spacial score (nSPS) is 11.6. The number of nitrogens with zero attached hydrogens (tertiary/aromatic N) is 1. The molecule has 94 valence electrons. The minimum atomic E-state index is -5.16. The van der Waals surface area contributed by atoms with Gasteiger partial charge in [-0.2, -0.15) is 4.39 Å². The third-order valence-electron chi connectivity index (χ3n) is 1.63. The zero-order chi connectivity index (χ0) is 13.5. The summed E-state index contributed by atoms with van der Waals surface area (Å²) in [6, 6.07) is 0. The van der Waals surface area contributed by atoms with Gasteiger partial charge in [-0.1, -0.05) is 0 Å². The number of nitro benzene ring substituents is 1. The van der Waals surface area contributed by atoms with Crippen LogP contribution in [0.2, 0.25) is 0 Å². The number of hydrogen-bond donors (Lipinski definition) is 0. The van der Waals surface area contributed by atoms with Gasteiger partial charge in [-0.25, -0.2) is 21.6 Å². The summed E-state index contributed by atoms with van der Waals surface area (Å²) < 4.78 is 72.8. The van der Waals surface area contributed by atoms with Gasteiger partial charge in [-0.3, -0.25) is 10.1 Å². The van der Waals surface area contributed by atoms with Gasteiger partial charge in [-0.15, -0.1) is 0 Å². The molecule has 0 saturated heterocycles. The summed E-state index contributed by atoms with van der Waals surface area (Å²) in [5.41, 5.74) is -2.09. The highest BCUT2D eigenvalue weighted by Gasteiger charge is 2.38. The number of rotatable bonds is 2. The molecule has 1 aromatic carbocycles. The fourth-order valence-electron chi connectivity index (χ4n) is 0.986. The Labute approximate surface area is 95.2 Å². The lowest BCUT2D eigenvalue weighted by atomic mass is 10.2. The highest BCUT2D eigenvalue weighted by Crippen LogP contribution is 2.35. The lowest BCUT2D eigenvalue weighted by Gasteiger charge is -2.04. The van der Waals surface area contributed by atoms with Crippen molar-refractivity contribution < 1.29 is 30.9 Å². The highest BCUT2D eigenvalue weighted by molar-refractivity contribution is 8.13. The summed E-state index contributed by atoms with van der Waals surface area (Å²) in [6.07, 6.45) is 0. The zero-order valence-electron chi connectivity index (χ0n) is 7.38. The van der Waals surface area contributed by atoms with E-state index in [-0.39, 0.29) is 0 Å². The SMILES string of the molecule is O=[N+]([O-])c1c(F)c(F)c(F)c(F)c1S(=O)(=O)Cl. The predicted octanol–water partition coefficient (Wildman–Crippen LogP) is 2.08. The molecule has 0 bridgehead atoms. The summed E-state index contributed by atoms with van der Waals surface area (Å²) >= 11 is 0. The van der Waals surface area contributed by atoms with Crippen molar-refractivity contribution in [3.05, 3.63) is 33.4 Å². The molecule has 0 unspecified atom stereocenters. The Kier molecular flexibility index (Phi) is 3.30. The first-order valence-electron chi connectivity index (χ1n) is 3.54. The van der Waals surface area contributed by atoms with Crippen molar-refractivity contribution in [3.8, 4) is 0 Å². The van der Waals surface area contributed by atoms with Crippen molar-refractivity contribution in [1.82, 2.24) is 0 Å². The topological polar surface area (TPSA) is 77.3 Å². The molecule has 0 aliphatic rings. The van der Waals surface area contributed by atoms with Gasteiger partial charge in [0.15, 0.2) is 11.6 Å². The van der Waals surface area contributed by atoms with Gasteiger partial charge in [0.25, 0.3) is 9.05 Å². The van der Waals surface area contributed by atoms with Crippen molar-refractivity contribution in [2.45, 2.75) is 4.90 Å². The van der Waals surface area contributed by atoms with E-state index in [1.165, 1.54) is 0 Å². The number of benzene rings is 1. The van der Waals surface area contributed by atoms with E-state index in [4.69, 9.17) is 0 Å². The summed E-state index contributed by atoms with van der Waals surface area (Å²) in [4.78, 5) is 6.51. The van der Waals surface area contributed by atoms with E-state index < -0.39 is 47.8 Å². The Bertz CT molecular complexity index is 617. The van der Waals surface area contributed by atoms with Gasteiger partial charge in [0.05, 0.1) is 4.92 Å².